The molecule has 0 aromatic carbocycles. The lowest BCUT2D eigenvalue weighted by molar-refractivity contribution is -0.129. The number of amides is 1. The molecule has 2 rings (SSSR count). The van der Waals surface area contributed by atoms with Crippen molar-refractivity contribution in [2.24, 2.45) is 10.9 Å². The van der Waals surface area contributed by atoms with Gasteiger partial charge in [0.15, 0.2) is 0 Å². The van der Waals surface area contributed by atoms with Gasteiger partial charge in [-0.2, -0.15) is 0 Å². The van der Waals surface area contributed by atoms with Crippen LogP contribution in [0.5, 0.6) is 0 Å². The maximum atomic E-state index is 11.2. The maximum Gasteiger partial charge on any atom is 0.219 e. The van der Waals surface area contributed by atoms with E-state index < -0.39 is 0 Å². The highest BCUT2D eigenvalue weighted by Crippen LogP contribution is 2.17. The molecule has 0 saturated carbocycles. The number of rotatable bonds is 2. The summed E-state index contributed by atoms with van der Waals surface area (Å²) in [7, 11) is 2.18. The lowest BCUT2D eigenvalue weighted by Gasteiger charge is -2.30. The molecule has 0 spiro atoms. The predicted octanol–water partition coefficient (Wildman–Crippen LogP) is 2.44. The first-order valence-electron chi connectivity index (χ1n) is 8.12. The molecule has 2 aliphatic rings. The summed E-state index contributed by atoms with van der Waals surface area (Å²) in [5, 5.41) is 0. The maximum absolute atomic E-state index is 11.2. The van der Waals surface area contributed by atoms with Crippen molar-refractivity contribution in [1.82, 2.24) is 9.80 Å². The van der Waals surface area contributed by atoms with E-state index in [9.17, 15) is 4.79 Å². The van der Waals surface area contributed by atoms with Crippen LogP contribution in [0, 0.1) is 5.92 Å². The van der Waals surface area contributed by atoms with Crippen LogP contribution in [-0.2, 0) is 4.79 Å². The minimum Gasteiger partial charge on any atom is -0.343 e. The molecule has 4 nitrogen and oxygen atoms in total. The van der Waals surface area contributed by atoms with Crippen LogP contribution in [0.25, 0.3) is 0 Å². The number of carbonyl (C=O) groups excluding carboxylic acids is 1. The molecule has 0 unspecified atom stereocenters. The fraction of sp³-hybridized carbons (Fsp3) is 0.875. The molecule has 4 heteroatoms. The topological polar surface area (TPSA) is 35.9 Å². The Labute approximate surface area is 124 Å². The van der Waals surface area contributed by atoms with E-state index >= 15 is 0 Å². The number of likely N-dealkylation sites (tertiary alicyclic amines) is 2. The number of nitrogens with zero attached hydrogens (tertiary/aromatic N) is 3. The first-order valence-corrected chi connectivity index (χ1v) is 8.12. The minimum absolute atomic E-state index is 0.209. The van der Waals surface area contributed by atoms with Crippen LogP contribution >= 0.6 is 0 Å². The third kappa shape index (κ3) is 5.61. The molecule has 2 saturated heterocycles. The molecule has 0 radical (unpaired) electrons. The Morgan fingerprint density at radius 1 is 1.05 bits per heavy atom. The van der Waals surface area contributed by atoms with Crippen LogP contribution in [0.1, 0.15) is 46.5 Å². The van der Waals surface area contributed by atoms with Crippen molar-refractivity contribution < 1.29 is 4.79 Å². The number of carbonyl (C=O) groups is 1. The Balaban J connectivity index is 0.000000956. The highest BCUT2D eigenvalue weighted by atomic mass is 16.2. The number of hydrogen-bond acceptors (Lipinski definition) is 3. The molecule has 0 atom stereocenters. The molecule has 2 fully saturated rings. The largest absolute Gasteiger partial charge is 0.343 e. The Morgan fingerprint density at radius 2 is 1.60 bits per heavy atom. The first kappa shape index (κ1) is 17.2. The fourth-order valence-electron chi connectivity index (χ4n) is 2.75. The highest BCUT2D eigenvalue weighted by Gasteiger charge is 2.20. The third-order valence-electron chi connectivity index (χ3n) is 4.18. The standard InChI is InChI=1S/C14H25N3O.C2H6/c1-12(18)17-9-3-13(4-10-17)11-15-14-5-7-16(2)8-6-14;1-2/h11,13-14H,3-10H2,1-2H3;1-2H3. The monoisotopic (exact) mass is 281 g/mol. The Bertz CT molecular complexity index is 301. The van der Waals surface area contributed by atoms with E-state index in [2.05, 4.69) is 18.2 Å². The summed E-state index contributed by atoms with van der Waals surface area (Å²) in [4.78, 5) is 20.3. The van der Waals surface area contributed by atoms with Crippen LogP contribution in [-0.4, -0.2) is 61.2 Å². The zero-order valence-electron chi connectivity index (χ0n) is 13.6. The van der Waals surface area contributed by atoms with E-state index in [-0.39, 0.29) is 5.91 Å². The number of aliphatic imine (C=N–C) groups is 1. The Hall–Kier alpha value is -0.900. The summed E-state index contributed by atoms with van der Waals surface area (Å²) in [5.41, 5.74) is 0. The van der Waals surface area contributed by atoms with Gasteiger partial charge in [0.05, 0.1) is 6.04 Å². The molecule has 0 aromatic heterocycles. The van der Waals surface area contributed by atoms with E-state index in [0.29, 0.717) is 12.0 Å². The number of piperidine rings is 2. The smallest absolute Gasteiger partial charge is 0.219 e. The van der Waals surface area contributed by atoms with E-state index in [1.807, 2.05) is 18.7 Å². The van der Waals surface area contributed by atoms with Crippen molar-refractivity contribution in [2.45, 2.75) is 52.5 Å². The number of hydrogen-bond donors (Lipinski definition) is 0. The molecular weight excluding hydrogens is 250 g/mol. The third-order valence-corrected chi connectivity index (χ3v) is 4.18. The van der Waals surface area contributed by atoms with Crippen LogP contribution in [0.3, 0.4) is 0 Å². The van der Waals surface area contributed by atoms with Gasteiger partial charge in [-0.3, -0.25) is 9.79 Å². The SMILES string of the molecule is CC.CC(=O)N1CCC(C=NC2CCN(C)CC2)CC1. The quantitative estimate of drug-likeness (QED) is 0.729. The van der Waals surface area contributed by atoms with Gasteiger partial charge in [-0.25, -0.2) is 0 Å². The second kappa shape index (κ2) is 9.11. The van der Waals surface area contributed by atoms with Crippen LogP contribution < -0.4 is 0 Å². The Kier molecular flexibility index (Phi) is 7.82. The van der Waals surface area contributed by atoms with Gasteiger partial charge in [0.25, 0.3) is 0 Å². The van der Waals surface area contributed by atoms with Gasteiger partial charge in [0.1, 0.15) is 0 Å². The van der Waals surface area contributed by atoms with Gasteiger partial charge >= 0.3 is 0 Å². The van der Waals surface area contributed by atoms with Crippen LogP contribution in [0.15, 0.2) is 4.99 Å². The van der Waals surface area contributed by atoms with E-state index in [1.54, 1.807) is 6.92 Å². The van der Waals surface area contributed by atoms with Gasteiger partial charge < -0.3 is 9.80 Å². The fourth-order valence-corrected chi connectivity index (χ4v) is 2.75. The zero-order valence-corrected chi connectivity index (χ0v) is 13.6. The van der Waals surface area contributed by atoms with Crippen molar-refractivity contribution in [3.05, 3.63) is 0 Å². The highest BCUT2D eigenvalue weighted by molar-refractivity contribution is 5.73. The summed E-state index contributed by atoms with van der Waals surface area (Å²) in [6.07, 6.45) is 6.72. The molecular formula is C16H31N3O. The van der Waals surface area contributed by atoms with Gasteiger partial charge in [-0.1, -0.05) is 13.8 Å². The summed E-state index contributed by atoms with van der Waals surface area (Å²) >= 11 is 0. The molecule has 0 aromatic rings. The van der Waals surface area contributed by atoms with Gasteiger partial charge in [0, 0.05) is 26.2 Å². The lowest BCUT2D eigenvalue weighted by Crippen LogP contribution is -2.37. The molecule has 0 N–H and O–H groups in total. The minimum atomic E-state index is 0.209. The second-order valence-corrected chi connectivity index (χ2v) is 5.68. The summed E-state index contributed by atoms with van der Waals surface area (Å²) < 4.78 is 0. The second-order valence-electron chi connectivity index (χ2n) is 5.68. The van der Waals surface area contributed by atoms with Crippen molar-refractivity contribution >= 4 is 12.1 Å². The average Bonchev–Trinajstić information content (AvgIpc) is 2.49. The van der Waals surface area contributed by atoms with Crippen molar-refractivity contribution in [2.75, 3.05) is 33.2 Å². The van der Waals surface area contributed by atoms with Crippen LogP contribution in [0.4, 0.5) is 0 Å². The first-order chi connectivity index (χ1) is 9.65. The summed E-state index contributed by atoms with van der Waals surface area (Å²) in [6, 6.07) is 0.534. The van der Waals surface area contributed by atoms with Crippen molar-refractivity contribution in [1.29, 1.82) is 0 Å². The molecule has 2 aliphatic heterocycles. The molecule has 2 heterocycles. The molecule has 116 valence electrons. The molecule has 20 heavy (non-hydrogen) atoms. The lowest BCUT2D eigenvalue weighted by atomic mass is 9.97. The van der Waals surface area contributed by atoms with Gasteiger partial charge in [0.2, 0.25) is 5.91 Å². The normalized spacial score (nSPS) is 22.7. The van der Waals surface area contributed by atoms with Crippen LogP contribution in [0.2, 0.25) is 0 Å². The average molecular weight is 281 g/mol. The Morgan fingerprint density at radius 3 is 2.10 bits per heavy atom. The summed E-state index contributed by atoms with van der Waals surface area (Å²) in [5.74, 6) is 0.793. The molecule has 1 amide bonds. The molecule has 0 bridgehead atoms. The predicted molar refractivity (Wildman–Crippen MR) is 85.3 cm³/mol. The van der Waals surface area contributed by atoms with E-state index in [1.165, 1.54) is 25.9 Å². The van der Waals surface area contributed by atoms with Crippen molar-refractivity contribution in [3.63, 3.8) is 0 Å². The van der Waals surface area contributed by atoms with E-state index in [0.717, 1.165) is 25.9 Å². The van der Waals surface area contributed by atoms with E-state index in [4.69, 9.17) is 4.99 Å². The van der Waals surface area contributed by atoms with Gasteiger partial charge in [-0.05, 0) is 51.7 Å². The summed E-state index contributed by atoms with van der Waals surface area (Å²) in [6.45, 7) is 9.81. The zero-order chi connectivity index (χ0) is 15.0. The van der Waals surface area contributed by atoms with Gasteiger partial charge in [-0.15, -0.1) is 0 Å². The molecule has 0 aliphatic carbocycles. The van der Waals surface area contributed by atoms with Crippen molar-refractivity contribution in [3.8, 4) is 0 Å².